The molecule has 2 saturated carbocycles. The van der Waals surface area contributed by atoms with E-state index in [9.17, 15) is 32.3 Å². The Labute approximate surface area is 655 Å². The molecular formula is C65H77BBrCl2F3K2N10O11. The van der Waals surface area contributed by atoms with Gasteiger partial charge in [-0.3, -0.25) is 24.0 Å². The summed E-state index contributed by atoms with van der Waals surface area (Å²) in [6.07, 6.45) is 4.14. The van der Waals surface area contributed by atoms with Crippen LogP contribution in [0, 0.1) is 0 Å². The normalized spacial score (nSPS) is 16.9. The number of benzene rings is 4. The van der Waals surface area contributed by atoms with Crippen molar-refractivity contribution in [2.24, 2.45) is 11.5 Å². The van der Waals surface area contributed by atoms with E-state index in [2.05, 4.69) is 76.1 Å². The molecule has 0 atom stereocenters. The maximum absolute atomic E-state index is 12.1. The summed E-state index contributed by atoms with van der Waals surface area (Å²) in [7, 11) is -0.406. The molecule has 5 aliphatic heterocycles. The van der Waals surface area contributed by atoms with E-state index in [0.29, 0.717) is 36.1 Å². The summed E-state index contributed by atoms with van der Waals surface area (Å²) in [6.45, 7) is 19.3. The number of alkyl halides is 5. The van der Waals surface area contributed by atoms with Crippen LogP contribution in [0.1, 0.15) is 155 Å². The van der Waals surface area contributed by atoms with Gasteiger partial charge in [0.1, 0.15) is 16.5 Å². The first-order chi connectivity index (χ1) is 43.9. The molecule has 0 spiro atoms. The number of hydrogen-bond donors (Lipinski definition) is 3. The quantitative estimate of drug-likeness (QED) is 0.0606. The number of amides is 4. The van der Waals surface area contributed by atoms with Gasteiger partial charge in [0.05, 0.1) is 35.7 Å². The second-order valence-corrected chi connectivity index (χ2v) is 26.8. The monoisotopic (exact) mass is 1470 g/mol. The largest absolute Gasteiger partial charge is 1.00 e. The van der Waals surface area contributed by atoms with Crippen LogP contribution < -0.4 is 135 Å². The first kappa shape index (κ1) is 79.8. The first-order valence-electron chi connectivity index (χ1n) is 30.6. The van der Waals surface area contributed by atoms with Gasteiger partial charge in [-0.15, -0.1) is 23.2 Å². The van der Waals surface area contributed by atoms with Crippen molar-refractivity contribution in [3.8, 4) is 11.1 Å². The molecule has 21 nitrogen and oxygen atoms in total. The van der Waals surface area contributed by atoms with Crippen LogP contribution in [0.15, 0.2) is 89.4 Å². The summed E-state index contributed by atoms with van der Waals surface area (Å²) in [5.74, 6) is 2.37. The van der Waals surface area contributed by atoms with Crippen LogP contribution in [0.5, 0.6) is 0 Å². The maximum Gasteiger partial charge on any atom is 1.00 e. The predicted molar refractivity (Wildman–Crippen MR) is 350 cm³/mol. The Hall–Kier alpha value is -4.21. The Kier molecular flexibility index (Phi) is 29.2. The van der Waals surface area contributed by atoms with Crippen molar-refractivity contribution >= 4 is 111 Å². The topological polar surface area (TPSA) is 274 Å². The van der Waals surface area contributed by atoms with Crippen LogP contribution in [-0.4, -0.2) is 126 Å². The number of aryl methyl sites for hydroxylation is 2. The fraction of sp³-hybridized carbons (Fsp3) is 0.446. The number of halogens is 6. The molecule has 4 amide bonds. The Morgan fingerprint density at radius 1 is 0.695 bits per heavy atom. The molecule has 500 valence electrons. The van der Waals surface area contributed by atoms with Crippen LogP contribution in [0.4, 0.5) is 36.2 Å². The Balaban J connectivity index is 0.000000239. The maximum atomic E-state index is 12.1. The number of carbonyl (C=O) groups excluding carboxylic acids is 5. The number of rotatable bonds is 9. The first-order valence-corrected chi connectivity index (χ1v) is 32.2. The minimum absolute atomic E-state index is 0. The van der Waals surface area contributed by atoms with Gasteiger partial charge in [-0.1, -0.05) is 46.3 Å². The summed E-state index contributed by atoms with van der Waals surface area (Å²) in [5, 5.41) is 15.6. The van der Waals surface area contributed by atoms with Crippen LogP contribution in [0.3, 0.4) is 0 Å². The molecule has 95 heavy (non-hydrogen) atoms. The van der Waals surface area contributed by atoms with E-state index in [1.54, 1.807) is 45.0 Å². The van der Waals surface area contributed by atoms with E-state index < -0.39 is 31.1 Å². The Morgan fingerprint density at radius 2 is 1.07 bits per heavy atom. The summed E-state index contributed by atoms with van der Waals surface area (Å²) in [6, 6.07) is 27.6. The molecule has 1 saturated heterocycles. The molecule has 0 unspecified atom stereocenters. The molecule has 30 heteroatoms. The van der Waals surface area contributed by atoms with E-state index in [-0.39, 0.29) is 139 Å². The zero-order chi connectivity index (χ0) is 67.9. The fourth-order valence-corrected chi connectivity index (χ4v) is 11.8. The Bertz CT molecular complexity index is 3700. The Morgan fingerprint density at radius 3 is 1.44 bits per heavy atom. The second kappa shape index (κ2) is 34.7. The van der Waals surface area contributed by atoms with Gasteiger partial charge in [0, 0.05) is 91.9 Å². The van der Waals surface area contributed by atoms with Crippen molar-refractivity contribution < 1.29 is 171 Å². The van der Waals surface area contributed by atoms with E-state index in [0.717, 1.165) is 97.6 Å². The zero-order valence-corrected chi connectivity index (χ0v) is 64.2. The van der Waals surface area contributed by atoms with Gasteiger partial charge in [0.25, 0.3) is 6.47 Å². The van der Waals surface area contributed by atoms with Gasteiger partial charge in [-0.05, 0) is 168 Å². The number of aliphatic carboxylic acids is 1. The number of anilines is 4. The van der Waals surface area contributed by atoms with Crippen molar-refractivity contribution in [1.82, 2.24) is 28.9 Å². The number of fused-ring (bicyclic) bond motifs is 4. The van der Waals surface area contributed by atoms with Gasteiger partial charge in [0.2, 0.25) is 23.6 Å². The third-order valence-corrected chi connectivity index (χ3v) is 17.7. The summed E-state index contributed by atoms with van der Waals surface area (Å²) in [5.41, 5.74) is 21.5. The number of imidazole rings is 2. The molecule has 2 aliphatic carbocycles. The number of carboxylic acids is 1. The third kappa shape index (κ3) is 20.5. The van der Waals surface area contributed by atoms with Crippen molar-refractivity contribution in [2.75, 3.05) is 36.0 Å². The predicted octanol–water partition coefficient (Wildman–Crippen LogP) is 4.03. The molecule has 5 N–H and O–H groups in total. The molecule has 7 aliphatic rings. The van der Waals surface area contributed by atoms with Crippen molar-refractivity contribution in [3.63, 3.8) is 0 Å². The minimum atomic E-state index is -5.08. The van der Waals surface area contributed by atoms with Crippen molar-refractivity contribution in [3.05, 3.63) is 135 Å². The zero-order valence-electron chi connectivity index (χ0n) is 55.8. The second-order valence-electron chi connectivity index (χ2n) is 24.4. The third-order valence-electron chi connectivity index (χ3n) is 17.2. The molecule has 3 fully saturated rings. The fourth-order valence-electron chi connectivity index (χ4n) is 11.4. The van der Waals surface area contributed by atoms with E-state index >= 15 is 0 Å². The number of carbonyl (C=O) groups is 6. The summed E-state index contributed by atoms with van der Waals surface area (Å²) < 4.78 is 49.5. The molecule has 0 bridgehead atoms. The van der Waals surface area contributed by atoms with E-state index in [4.69, 9.17) is 73.9 Å². The summed E-state index contributed by atoms with van der Waals surface area (Å²) >= 11 is 13.7. The number of nitrogens with zero attached hydrogens (tertiary/aromatic N) is 8. The van der Waals surface area contributed by atoms with Crippen LogP contribution >= 0.6 is 39.1 Å². The average Bonchev–Trinajstić information content (AvgIpc) is 1.53. The molecular weight excluding hydrogens is 1390 g/mol. The van der Waals surface area contributed by atoms with Crippen LogP contribution in [-0.2, 0) is 72.4 Å². The van der Waals surface area contributed by atoms with Crippen molar-refractivity contribution in [2.45, 2.75) is 160 Å². The molecule has 13 rings (SSSR count). The SMILES string of the molecule is CC(=O)N1CCn2c(C3CC3)nc(N3CCCc4cc(-c5ccc(C(N)=O)cc5)ccc43)c2C1.CC(=O)N1CCn2c(C3CC3)nc(N3CCCc4cc(Br)ccc43)c2C1.CC(Cl)Cl.CC1(C)OB(c2ccc(C(N)=O)cc2)OC1(C)C.O=C(O)C(F)(F)F.O=CO[O-].[H-].[K+].[K+]. The smallest absolute Gasteiger partial charge is 1.00 e. The molecule has 4 aromatic carbocycles. The van der Waals surface area contributed by atoms with Crippen LogP contribution in [0.2, 0.25) is 0 Å². The van der Waals surface area contributed by atoms with Gasteiger partial charge >= 0.3 is 122 Å². The van der Waals surface area contributed by atoms with Crippen LogP contribution in [0.25, 0.3) is 11.1 Å². The van der Waals surface area contributed by atoms with E-state index in [1.165, 1.54) is 71.2 Å². The number of carboxylic acid groups (broad SMARTS) is 1. The number of aromatic nitrogens is 4. The number of hydrogen-bond acceptors (Lipinski definition) is 14. The minimum Gasteiger partial charge on any atom is -1.00 e. The summed E-state index contributed by atoms with van der Waals surface area (Å²) in [4.78, 5) is 85.4. The van der Waals surface area contributed by atoms with Gasteiger partial charge in [-0.2, -0.15) is 13.2 Å². The molecule has 2 aromatic heterocycles. The average molecular weight is 1470 g/mol. The number of nitrogens with two attached hydrogens (primary N) is 2. The standard InChI is InChI=1S/C27H29N5O2.C20H23BrN4O.C13H18BNO3.C2H4Cl2.C2HF3O2.CH2O3.2K.H/c1-17(33)30-13-14-32-24(16-30)27(29-26(32)20-8-9-20)31-12-2-3-22-15-21(10-11-23(22)31)18-4-6-19(7-5-18)25(28)34;1-13(26)23-9-10-25-18(12-23)20(22-19(25)14-4-5-14)24-8-2-3-15-11-16(21)6-7-17(15)24;1-12(2)13(3,4)18-14(17-12)10-7-5-9(6-8-10)11(15)16;1-2(3)4;3-2(4,5)1(6)7;2-1-4-3;;;/h4-7,10-11,15,20H,2-3,8-9,12-14,16H2,1H3,(H2,28,34);6-7,11,14H,2-5,8-10,12H2,1H3;5-8H,1-4H3,(H2,15,16);2H,1H3;(H,6,7);1,3H;;;/q;;;;;;2*+1;-1/p-1. The molecule has 6 aromatic rings. The number of primary amides is 2. The van der Waals surface area contributed by atoms with Gasteiger partial charge < -0.3 is 66.2 Å². The van der Waals surface area contributed by atoms with Gasteiger partial charge in [0.15, 0.2) is 11.6 Å². The van der Waals surface area contributed by atoms with Crippen molar-refractivity contribution in [1.29, 1.82) is 0 Å². The van der Waals surface area contributed by atoms with Gasteiger partial charge in [-0.25, -0.2) is 14.8 Å². The molecule has 7 heterocycles. The van der Waals surface area contributed by atoms with E-state index in [1.807, 2.05) is 61.8 Å². The molecule has 0 radical (unpaired) electrons.